The van der Waals surface area contributed by atoms with Crippen LogP contribution in [0.15, 0.2) is 72.0 Å². The van der Waals surface area contributed by atoms with E-state index < -0.39 is 6.36 Å². The lowest BCUT2D eigenvalue weighted by Gasteiger charge is -2.23. The van der Waals surface area contributed by atoms with E-state index in [2.05, 4.69) is 69.9 Å². The number of aryl methyl sites for hydroxylation is 3. The Balaban J connectivity index is 1.10. The molecule has 1 aromatic heterocycles. The van der Waals surface area contributed by atoms with Crippen molar-refractivity contribution in [3.63, 3.8) is 0 Å². The molecule has 1 N–H and O–H groups in total. The van der Waals surface area contributed by atoms with Crippen LogP contribution in [0.4, 0.5) is 23.7 Å². The predicted octanol–water partition coefficient (Wildman–Crippen LogP) is 7.96. The first-order valence-corrected chi connectivity index (χ1v) is 15.7. The minimum Gasteiger partial charge on any atom is -0.406 e. The van der Waals surface area contributed by atoms with Gasteiger partial charge in [0.25, 0.3) is 0 Å². The zero-order chi connectivity index (χ0) is 32.1. The number of hydrogen-bond donors (Lipinski definition) is 1. The molecule has 3 aromatic carbocycles. The van der Waals surface area contributed by atoms with Crippen LogP contribution in [0.25, 0.3) is 17.1 Å². The monoisotopic (exact) mass is 636 g/mol. The van der Waals surface area contributed by atoms with E-state index in [9.17, 15) is 18.0 Å². The molecule has 2 heterocycles. The van der Waals surface area contributed by atoms with Gasteiger partial charge in [0.2, 0.25) is 0 Å². The first-order valence-electron chi connectivity index (χ1n) is 14.7. The van der Waals surface area contributed by atoms with Crippen LogP contribution in [-0.2, 0) is 0 Å². The summed E-state index contributed by atoms with van der Waals surface area (Å²) in [4.78, 5) is 23.5. The van der Waals surface area contributed by atoms with Crippen molar-refractivity contribution >= 4 is 28.6 Å². The Labute approximate surface area is 264 Å². The summed E-state index contributed by atoms with van der Waals surface area (Å²) in [5.41, 5.74) is 7.26. The van der Waals surface area contributed by atoms with Crippen LogP contribution in [-0.4, -0.2) is 51.2 Å². The second-order valence-corrected chi connectivity index (χ2v) is 12.2. The van der Waals surface area contributed by atoms with Gasteiger partial charge in [-0.05, 0) is 80.5 Å². The van der Waals surface area contributed by atoms with Gasteiger partial charge in [-0.15, -0.1) is 18.3 Å². The highest BCUT2D eigenvalue weighted by Crippen LogP contribution is 2.32. The lowest BCUT2D eigenvalue weighted by atomic mass is 9.95. The lowest BCUT2D eigenvalue weighted by molar-refractivity contribution is -0.274. The number of ether oxygens (including phenoxy) is 1. The van der Waals surface area contributed by atoms with Crippen LogP contribution < -0.4 is 15.0 Å². The van der Waals surface area contributed by atoms with E-state index in [1.165, 1.54) is 52.0 Å². The van der Waals surface area contributed by atoms with E-state index in [-0.39, 0.29) is 17.7 Å². The van der Waals surface area contributed by atoms with E-state index >= 15 is 0 Å². The highest BCUT2D eigenvalue weighted by atomic mass is 32.2. The average molecular weight is 637 g/mol. The fourth-order valence-electron chi connectivity index (χ4n) is 5.48. The van der Waals surface area contributed by atoms with Crippen LogP contribution >= 0.6 is 11.8 Å². The first-order chi connectivity index (χ1) is 21.5. The van der Waals surface area contributed by atoms with Gasteiger partial charge in [0.1, 0.15) is 12.1 Å². The number of hydrogen-bond acceptors (Lipinski definition) is 5. The number of anilines is 1. The van der Waals surface area contributed by atoms with Gasteiger partial charge in [0.15, 0.2) is 11.0 Å². The third-order valence-corrected chi connectivity index (χ3v) is 8.49. The summed E-state index contributed by atoms with van der Waals surface area (Å²) in [7, 11) is 0. The molecule has 1 saturated heterocycles. The molecule has 1 aliphatic heterocycles. The quantitative estimate of drug-likeness (QED) is 0.188. The number of nitrogens with zero attached hydrogens (tertiary/aromatic N) is 5. The number of nitrogens with one attached hydrogen (secondary N) is 1. The Morgan fingerprint density at radius 2 is 1.76 bits per heavy atom. The number of carbonyl (C=O) groups excluding carboxylic acids is 1. The third-order valence-electron chi connectivity index (χ3n) is 7.53. The molecule has 0 radical (unpaired) electrons. The van der Waals surface area contributed by atoms with E-state index in [0.29, 0.717) is 18.1 Å². The van der Waals surface area contributed by atoms with Crippen molar-refractivity contribution in [2.45, 2.75) is 52.8 Å². The summed E-state index contributed by atoms with van der Waals surface area (Å²) in [5, 5.41) is 8.15. The minimum absolute atomic E-state index is 0.276. The lowest BCUT2D eigenvalue weighted by Crippen LogP contribution is -2.29. The molecule has 0 aliphatic carbocycles. The van der Waals surface area contributed by atoms with Crippen molar-refractivity contribution < 1.29 is 22.7 Å². The third kappa shape index (κ3) is 8.24. The van der Waals surface area contributed by atoms with Gasteiger partial charge in [-0.3, -0.25) is 0 Å². The number of alkyl halides is 3. The topological polar surface area (TPSA) is 84.6 Å². The summed E-state index contributed by atoms with van der Waals surface area (Å²) in [5.74, 6) is 1.37. The maximum absolute atomic E-state index is 12.6. The van der Waals surface area contributed by atoms with E-state index in [0.717, 1.165) is 47.1 Å². The van der Waals surface area contributed by atoms with Crippen LogP contribution in [0.3, 0.4) is 0 Å². The second kappa shape index (κ2) is 13.8. The number of benzene rings is 3. The van der Waals surface area contributed by atoms with E-state index in [4.69, 9.17) is 0 Å². The largest absolute Gasteiger partial charge is 0.573 e. The molecule has 4 aromatic rings. The summed E-state index contributed by atoms with van der Waals surface area (Å²) >= 11 is 1.60. The van der Waals surface area contributed by atoms with E-state index in [1.807, 2.05) is 24.3 Å². The number of thioether (sulfide) groups is 1. The van der Waals surface area contributed by atoms with Gasteiger partial charge >= 0.3 is 12.4 Å². The molecule has 12 heteroatoms. The van der Waals surface area contributed by atoms with Gasteiger partial charge in [-0.2, -0.15) is 4.99 Å². The summed E-state index contributed by atoms with van der Waals surface area (Å²) in [6, 6.07) is 17.4. The van der Waals surface area contributed by atoms with Crippen molar-refractivity contribution in [3.05, 3.63) is 89.2 Å². The number of aromatic nitrogens is 3. The van der Waals surface area contributed by atoms with Crippen molar-refractivity contribution in [3.8, 4) is 22.8 Å². The fraction of sp³-hybridized carbons (Fsp3) is 0.333. The smallest absolute Gasteiger partial charge is 0.406 e. The predicted molar refractivity (Wildman–Crippen MR) is 172 cm³/mol. The van der Waals surface area contributed by atoms with Gasteiger partial charge in [0, 0.05) is 30.1 Å². The fourth-order valence-corrected chi connectivity index (χ4v) is 6.42. The summed E-state index contributed by atoms with van der Waals surface area (Å²) < 4.78 is 42.7. The van der Waals surface area contributed by atoms with E-state index in [1.54, 1.807) is 11.8 Å². The van der Waals surface area contributed by atoms with Crippen molar-refractivity contribution in [1.29, 1.82) is 0 Å². The van der Waals surface area contributed by atoms with Crippen LogP contribution in [0.1, 0.15) is 47.9 Å². The number of amides is 2. The Bertz CT molecular complexity index is 1650. The van der Waals surface area contributed by atoms with Crippen LogP contribution in [0, 0.1) is 20.8 Å². The molecule has 236 valence electrons. The minimum atomic E-state index is -4.74. The van der Waals surface area contributed by atoms with Crippen LogP contribution in [0.2, 0.25) is 0 Å². The zero-order valence-corrected chi connectivity index (χ0v) is 26.4. The average Bonchev–Trinajstić information content (AvgIpc) is 3.65. The summed E-state index contributed by atoms with van der Waals surface area (Å²) in [6.45, 7) is 9.80. The highest BCUT2D eigenvalue weighted by Gasteiger charge is 2.31. The molecule has 0 saturated carbocycles. The molecule has 0 spiro atoms. The number of rotatable bonds is 9. The van der Waals surface area contributed by atoms with Crippen molar-refractivity contribution in [1.82, 2.24) is 20.1 Å². The molecular weight excluding hydrogens is 601 g/mol. The maximum Gasteiger partial charge on any atom is 0.573 e. The van der Waals surface area contributed by atoms with Crippen molar-refractivity contribution in [2.75, 3.05) is 23.7 Å². The molecule has 1 fully saturated rings. The van der Waals surface area contributed by atoms with Gasteiger partial charge < -0.3 is 15.0 Å². The molecule has 5 rings (SSSR count). The molecule has 0 bridgehead atoms. The van der Waals surface area contributed by atoms with Gasteiger partial charge in [-0.1, -0.05) is 60.6 Å². The molecule has 2 amide bonds. The van der Waals surface area contributed by atoms with Crippen molar-refractivity contribution in [2.24, 2.45) is 4.99 Å². The number of aliphatic imine (C=N–C) groups is 1. The summed E-state index contributed by atoms with van der Waals surface area (Å²) in [6.07, 6.45) is -1.53. The maximum atomic E-state index is 12.6. The Morgan fingerprint density at radius 3 is 2.42 bits per heavy atom. The van der Waals surface area contributed by atoms with Crippen LogP contribution in [0.5, 0.6) is 5.75 Å². The number of urea groups is 1. The Morgan fingerprint density at radius 1 is 1.07 bits per heavy atom. The second-order valence-electron chi connectivity index (χ2n) is 11.1. The standard InChI is InChI=1S/C33H35F3N6O2S/c1-21-18-23(3)29(24(4)19-21)41-16-17-45-32(41)39-31(43)37-15-5-6-22(2)25-7-9-26(10-8-25)30-38-20-42(40-30)27-11-13-28(14-12-27)44-33(34,35)36/h7-14,18-20,22H,5-6,15-17H2,1-4H3,(H,37,43)/b39-32-. The molecule has 1 atom stereocenters. The zero-order valence-electron chi connectivity index (χ0n) is 25.6. The molecule has 45 heavy (non-hydrogen) atoms. The molecule has 1 aliphatic rings. The Kier molecular flexibility index (Phi) is 9.81. The SMILES string of the molecule is Cc1cc(C)c(N2CCS/C2=N\C(=O)NCCCC(C)c2ccc(-c3ncn(-c4ccc(OC(F)(F)F)cc4)n3)cc2)c(C)c1. The molecule has 1 unspecified atom stereocenters. The Hall–Kier alpha value is -4.32. The molecule has 8 nitrogen and oxygen atoms in total. The highest BCUT2D eigenvalue weighted by molar-refractivity contribution is 8.14. The molecular formula is C33H35F3N6O2S. The number of amidine groups is 1. The first kappa shape index (κ1) is 32.1. The number of carbonyl (C=O) groups is 1. The normalized spacial score (nSPS) is 15.0. The number of halogens is 3. The van der Waals surface area contributed by atoms with Gasteiger partial charge in [0.05, 0.1) is 5.69 Å². The van der Waals surface area contributed by atoms with Gasteiger partial charge in [-0.25, -0.2) is 14.5 Å².